The van der Waals surface area contributed by atoms with Crippen molar-refractivity contribution < 1.29 is 13.9 Å². The number of nitrogens with zero attached hydrogens (tertiary/aromatic N) is 3. The number of carbonyl (C=O) groups excluding carboxylic acids is 1. The van der Waals surface area contributed by atoms with Gasteiger partial charge in [0.25, 0.3) is 5.91 Å². The summed E-state index contributed by atoms with van der Waals surface area (Å²) in [4.78, 5) is 14.2. The molecule has 6 nitrogen and oxygen atoms in total. The van der Waals surface area contributed by atoms with Crippen molar-refractivity contribution >= 4 is 34.5 Å². The van der Waals surface area contributed by atoms with Crippen LogP contribution in [0.3, 0.4) is 0 Å². The Morgan fingerprint density at radius 3 is 2.64 bits per heavy atom. The highest BCUT2D eigenvalue weighted by molar-refractivity contribution is 7.13. The fourth-order valence-corrected chi connectivity index (χ4v) is 3.47. The minimum Gasteiger partial charge on any atom is -0.494 e. The molecule has 28 heavy (non-hydrogen) atoms. The summed E-state index contributed by atoms with van der Waals surface area (Å²) in [6.45, 7) is 1.01. The van der Waals surface area contributed by atoms with Crippen LogP contribution in [-0.4, -0.2) is 35.2 Å². The standard InChI is InChI=1S/C19H18ClFN4O2S/c1-25(10-12-3-8-16(27-2)15(21)9-12)11-17-23-24-19(28-17)18(26)22-14-6-4-13(20)5-7-14/h3-9H,10-11H2,1-2H3,(H,22,26). The summed E-state index contributed by atoms with van der Waals surface area (Å²) in [6.07, 6.45) is 0. The molecule has 1 aromatic heterocycles. The average molecular weight is 421 g/mol. The molecule has 146 valence electrons. The van der Waals surface area contributed by atoms with Gasteiger partial charge < -0.3 is 10.1 Å². The fourth-order valence-electron chi connectivity index (χ4n) is 2.53. The molecule has 0 aliphatic carbocycles. The lowest BCUT2D eigenvalue weighted by molar-refractivity contribution is 0.102. The lowest BCUT2D eigenvalue weighted by Gasteiger charge is -2.15. The summed E-state index contributed by atoms with van der Waals surface area (Å²) < 4.78 is 18.7. The molecule has 0 unspecified atom stereocenters. The van der Waals surface area contributed by atoms with Crippen LogP contribution in [0.1, 0.15) is 20.4 Å². The van der Waals surface area contributed by atoms with E-state index in [0.717, 1.165) is 5.56 Å². The molecule has 0 aliphatic heterocycles. The van der Waals surface area contributed by atoms with Crippen LogP contribution in [0.15, 0.2) is 42.5 Å². The van der Waals surface area contributed by atoms with Crippen molar-refractivity contribution in [3.63, 3.8) is 0 Å². The van der Waals surface area contributed by atoms with Gasteiger partial charge in [0, 0.05) is 17.3 Å². The molecule has 3 aromatic rings. The van der Waals surface area contributed by atoms with Gasteiger partial charge in [0.2, 0.25) is 5.01 Å². The highest BCUT2D eigenvalue weighted by Crippen LogP contribution is 2.20. The Morgan fingerprint density at radius 2 is 1.96 bits per heavy atom. The third kappa shape index (κ3) is 5.25. The van der Waals surface area contributed by atoms with E-state index in [4.69, 9.17) is 16.3 Å². The van der Waals surface area contributed by atoms with Crippen LogP contribution in [0.25, 0.3) is 0 Å². The van der Waals surface area contributed by atoms with E-state index in [2.05, 4.69) is 15.5 Å². The van der Waals surface area contributed by atoms with Crippen molar-refractivity contribution in [1.29, 1.82) is 0 Å². The number of rotatable bonds is 7. The first-order valence-corrected chi connectivity index (χ1v) is 9.54. The summed E-state index contributed by atoms with van der Waals surface area (Å²) in [6, 6.07) is 11.7. The van der Waals surface area contributed by atoms with Gasteiger partial charge in [-0.25, -0.2) is 4.39 Å². The van der Waals surface area contributed by atoms with Crippen LogP contribution in [0.5, 0.6) is 5.75 Å². The maximum absolute atomic E-state index is 13.8. The van der Waals surface area contributed by atoms with E-state index in [1.807, 2.05) is 18.0 Å². The van der Waals surface area contributed by atoms with Gasteiger partial charge in [-0.2, -0.15) is 0 Å². The molecule has 9 heteroatoms. The largest absolute Gasteiger partial charge is 0.494 e. The van der Waals surface area contributed by atoms with E-state index in [9.17, 15) is 9.18 Å². The lowest BCUT2D eigenvalue weighted by atomic mass is 10.2. The Bertz CT molecular complexity index is 965. The molecule has 3 rings (SSSR count). The molecule has 0 radical (unpaired) electrons. The van der Waals surface area contributed by atoms with Crippen LogP contribution in [0.2, 0.25) is 5.02 Å². The van der Waals surface area contributed by atoms with E-state index >= 15 is 0 Å². The average Bonchev–Trinajstić information content (AvgIpc) is 3.12. The summed E-state index contributed by atoms with van der Waals surface area (Å²) in [5.41, 5.74) is 1.44. The van der Waals surface area contributed by atoms with Gasteiger partial charge in [-0.05, 0) is 49.0 Å². The Labute approximate surface area is 170 Å². The number of anilines is 1. The van der Waals surface area contributed by atoms with Crippen molar-refractivity contribution in [3.05, 3.63) is 68.9 Å². The van der Waals surface area contributed by atoms with Crippen LogP contribution in [0, 0.1) is 5.82 Å². The Morgan fingerprint density at radius 1 is 1.21 bits per heavy atom. The number of hydrogen-bond acceptors (Lipinski definition) is 6. The van der Waals surface area contributed by atoms with Crippen molar-refractivity contribution in [2.75, 3.05) is 19.5 Å². The van der Waals surface area contributed by atoms with Crippen LogP contribution >= 0.6 is 22.9 Å². The minimum absolute atomic E-state index is 0.215. The third-order valence-electron chi connectivity index (χ3n) is 3.84. The molecule has 1 heterocycles. The summed E-state index contributed by atoms with van der Waals surface area (Å²) >= 11 is 7.05. The first kappa shape index (κ1) is 20.2. The first-order chi connectivity index (χ1) is 13.4. The minimum atomic E-state index is -0.398. The molecule has 1 amide bonds. The van der Waals surface area contributed by atoms with Crippen LogP contribution in [-0.2, 0) is 13.1 Å². The SMILES string of the molecule is COc1ccc(CN(C)Cc2nnc(C(=O)Nc3ccc(Cl)cc3)s2)cc1F. The second-order valence-corrected chi connectivity index (χ2v) is 7.60. The number of hydrogen-bond donors (Lipinski definition) is 1. The van der Waals surface area contributed by atoms with E-state index in [1.54, 1.807) is 30.3 Å². The summed E-state index contributed by atoms with van der Waals surface area (Å²) in [7, 11) is 3.32. The number of benzene rings is 2. The van der Waals surface area contributed by atoms with Gasteiger partial charge in [0.05, 0.1) is 13.7 Å². The Kier molecular flexibility index (Phi) is 6.56. The molecular formula is C19H18ClFN4O2S. The zero-order valence-corrected chi connectivity index (χ0v) is 16.9. The molecular weight excluding hydrogens is 403 g/mol. The molecule has 0 atom stereocenters. The van der Waals surface area contributed by atoms with Gasteiger partial charge in [-0.15, -0.1) is 10.2 Å². The van der Waals surface area contributed by atoms with Crippen molar-refractivity contribution in [2.45, 2.75) is 13.1 Å². The quantitative estimate of drug-likeness (QED) is 0.619. The number of aromatic nitrogens is 2. The Hall–Kier alpha value is -2.55. The normalized spacial score (nSPS) is 10.9. The third-order valence-corrected chi connectivity index (χ3v) is 5.00. The zero-order chi connectivity index (χ0) is 20.1. The monoisotopic (exact) mass is 420 g/mol. The van der Waals surface area contributed by atoms with E-state index in [-0.39, 0.29) is 16.7 Å². The van der Waals surface area contributed by atoms with Gasteiger partial charge >= 0.3 is 0 Å². The summed E-state index contributed by atoms with van der Waals surface area (Å²) in [5, 5.41) is 12.3. The first-order valence-electron chi connectivity index (χ1n) is 8.35. The second-order valence-electron chi connectivity index (χ2n) is 6.10. The molecule has 0 aliphatic rings. The van der Waals surface area contributed by atoms with Gasteiger partial charge in [-0.1, -0.05) is 29.0 Å². The predicted molar refractivity (Wildman–Crippen MR) is 107 cm³/mol. The molecule has 0 saturated carbocycles. The Balaban J connectivity index is 1.58. The molecule has 0 fully saturated rings. The zero-order valence-electron chi connectivity index (χ0n) is 15.3. The second kappa shape index (κ2) is 9.09. The van der Waals surface area contributed by atoms with Crippen LogP contribution in [0.4, 0.5) is 10.1 Å². The fraction of sp³-hybridized carbons (Fsp3) is 0.211. The molecule has 0 bridgehead atoms. The van der Waals surface area contributed by atoms with Gasteiger partial charge in [0.1, 0.15) is 5.01 Å². The smallest absolute Gasteiger partial charge is 0.286 e. The van der Waals surface area contributed by atoms with Crippen molar-refractivity contribution in [3.8, 4) is 5.75 Å². The molecule has 0 saturated heterocycles. The van der Waals surface area contributed by atoms with Gasteiger partial charge in [-0.3, -0.25) is 9.69 Å². The van der Waals surface area contributed by atoms with Crippen molar-refractivity contribution in [1.82, 2.24) is 15.1 Å². The highest BCUT2D eigenvalue weighted by atomic mass is 35.5. The molecule has 2 aromatic carbocycles. The van der Waals surface area contributed by atoms with Crippen molar-refractivity contribution in [2.24, 2.45) is 0 Å². The predicted octanol–water partition coefficient (Wildman–Crippen LogP) is 4.22. The number of ether oxygens (including phenoxy) is 1. The maximum atomic E-state index is 13.8. The topological polar surface area (TPSA) is 67.3 Å². The van der Waals surface area contributed by atoms with E-state index in [1.165, 1.54) is 24.5 Å². The molecule has 1 N–H and O–H groups in total. The maximum Gasteiger partial charge on any atom is 0.286 e. The number of carbonyl (C=O) groups is 1. The summed E-state index contributed by atoms with van der Waals surface area (Å²) in [5.74, 6) is -0.511. The van der Waals surface area contributed by atoms with E-state index < -0.39 is 5.82 Å². The number of amides is 1. The lowest BCUT2D eigenvalue weighted by Crippen LogP contribution is -2.17. The molecule has 0 spiro atoms. The highest BCUT2D eigenvalue weighted by Gasteiger charge is 2.15. The number of methoxy groups -OCH3 is 1. The number of nitrogens with one attached hydrogen (secondary N) is 1. The van der Waals surface area contributed by atoms with Crippen LogP contribution < -0.4 is 10.1 Å². The van der Waals surface area contributed by atoms with E-state index in [0.29, 0.717) is 28.8 Å². The van der Waals surface area contributed by atoms with Gasteiger partial charge in [0.15, 0.2) is 11.6 Å². The number of halogens is 2.